The zero-order chi connectivity index (χ0) is 27.9. The summed E-state index contributed by atoms with van der Waals surface area (Å²) in [6.07, 6.45) is 19.2. The minimum atomic E-state index is -1.49. The Kier molecular flexibility index (Phi) is 9.86. The van der Waals surface area contributed by atoms with Crippen LogP contribution in [0, 0.1) is 58.2 Å². The van der Waals surface area contributed by atoms with Gasteiger partial charge < -0.3 is 9.38 Å². The molecule has 0 bridgehead atoms. The monoisotopic (exact) mass is 548 g/mol. The van der Waals surface area contributed by atoms with E-state index in [-0.39, 0.29) is 5.52 Å². The molecule has 0 aromatic rings. The predicted octanol–water partition coefficient (Wildman–Crippen LogP) is 8.74. The lowest BCUT2D eigenvalue weighted by molar-refractivity contribution is -0.861. The number of nitrogens with zero attached hydrogens (tertiary/aromatic N) is 1. The number of likely N-dealkylation sites (N-methyl/N-ethyl adjacent to an activating group) is 1. The fourth-order valence-corrected chi connectivity index (χ4v) is 12.1. The van der Waals surface area contributed by atoms with Crippen LogP contribution in [0.2, 0.25) is 0 Å². The average molecular weight is 549 g/mol. The highest BCUT2D eigenvalue weighted by molar-refractivity contribution is 7.69. The molecule has 4 rings (SSSR count). The minimum absolute atomic E-state index is 0.0695. The van der Waals surface area contributed by atoms with Gasteiger partial charge in [-0.15, -0.1) is 0 Å². The van der Waals surface area contributed by atoms with E-state index in [1.54, 1.807) is 0 Å². The van der Waals surface area contributed by atoms with Crippen molar-refractivity contribution in [3.05, 3.63) is 0 Å². The number of rotatable bonds is 11. The fraction of sp³-hybridized carbons (Fsp3) is 0.971. The van der Waals surface area contributed by atoms with E-state index in [1.165, 1.54) is 77.0 Å². The fourth-order valence-electron chi connectivity index (χ4n) is 10.7. The normalized spacial score (nSPS) is 39.7. The molecule has 1 N–H and O–H groups in total. The van der Waals surface area contributed by atoms with E-state index < -0.39 is 8.15 Å². The summed E-state index contributed by atoms with van der Waals surface area (Å²) in [5.41, 5.74) is 1.28. The quantitative estimate of drug-likeness (QED) is 0.207. The summed E-state index contributed by atoms with van der Waals surface area (Å²) in [5, 5.41) is 0. The third-order valence-corrected chi connectivity index (χ3v) is 14.3. The van der Waals surface area contributed by atoms with Crippen molar-refractivity contribution in [3.8, 4) is 0 Å². The molecule has 0 saturated heterocycles. The summed E-state index contributed by atoms with van der Waals surface area (Å²) < 4.78 is 0.603. The van der Waals surface area contributed by atoms with Crippen molar-refractivity contribution in [1.29, 1.82) is 0 Å². The van der Waals surface area contributed by atoms with Gasteiger partial charge in [-0.2, -0.15) is 0 Å². The number of carbonyl (C=O) groups excluding carboxylic acids is 1. The second kappa shape index (κ2) is 12.1. The molecule has 4 unspecified atom stereocenters. The number of carbonyl (C=O) groups is 1. The predicted molar refractivity (Wildman–Crippen MR) is 163 cm³/mol. The first-order valence-electron chi connectivity index (χ1n) is 16.6. The maximum Gasteiger partial charge on any atom is 0.234 e. The van der Waals surface area contributed by atoms with E-state index in [4.69, 9.17) is 0 Å². The van der Waals surface area contributed by atoms with Gasteiger partial charge in [-0.25, -0.2) is 0 Å². The van der Waals surface area contributed by atoms with Gasteiger partial charge in [0.05, 0.1) is 21.1 Å². The van der Waals surface area contributed by atoms with Crippen LogP contribution in [0.25, 0.3) is 0 Å². The van der Waals surface area contributed by atoms with Crippen molar-refractivity contribution < 1.29 is 14.2 Å². The van der Waals surface area contributed by atoms with Crippen LogP contribution in [0.4, 0.5) is 0 Å². The first-order chi connectivity index (χ1) is 17.8. The van der Waals surface area contributed by atoms with E-state index in [1.807, 2.05) is 21.1 Å². The molecule has 3 nitrogen and oxygen atoms in total. The van der Waals surface area contributed by atoms with Crippen LogP contribution in [0.15, 0.2) is 0 Å². The van der Waals surface area contributed by atoms with Crippen LogP contribution in [0.1, 0.15) is 118 Å². The SMILES string of the molecule is CC(C)C(CCC(C)[C@H]1CC[C@H]2[C@@H]3CCC4CCCC[C@]4(C)[C@H]3CC[C@]12C)CCP(O)C(=O)C[N+](C)(C)C. The highest BCUT2D eigenvalue weighted by Crippen LogP contribution is 2.68. The van der Waals surface area contributed by atoms with Gasteiger partial charge >= 0.3 is 0 Å². The lowest BCUT2D eigenvalue weighted by Crippen LogP contribution is -2.53. The molecule has 0 heterocycles. The highest BCUT2D eigenvalue weighted by atomic mass is 31.1. The van der Waals surface area contributed by atoms with Crippen LogP contribution in [0.3, 0.4) is 0 Å². The summed E-state index contributed by atoms with van der Waals surface area (Å²) >= 11 is 0. The Labute approximate surface area is 237 Å². The summed E-state index contributed by atoms with van der Waals surface area (Å²) in [6, 6.07) is 0. The van der Waals surface area contributed by atoms with Crippen LogP contribution < -0.4 is 0 Å². The minimum Gasteiger partial charge on any atom is -0.366 e. The molecule has 4 fully saturated rings. The zero-order valence-corrected chi connectivity index (χ0v) is 27.4. The molecule has 38 heavy (non-hydrogen) atoms. The Balaban J connectivity index is 1.33. The topological polar surface area (TPSA) is 37.3 Å². The maximum atomic E-state index is 12.5. The van der Waals surface area contributed by atoms with E-state index in [2.05, 4.69) is 34.6 Å². The number of fused-ring (bicyclic) bond motifs is 5. The van der Waals surface area contributed by atoms with Crippen LogP contribution in [-0.4, -0.2) is 48.8 Å². The van der Waals surface area contributed by atoms with Gasteiger partial charge in [-0.1, -0.05) is 53.9 Å². The van der Waals surface area contributed by atoms with Gasteiger partial charge in [-0.05, 0) is 129 Å². The van der Waals surface area contributed by atoms with Gasteiger partial charge in [0.15, 0.2) is 0 Å². The van der Waals surface area contributed by atoms with E-state index in [0.29, 0.717) is 39.9 Å². The molecule has 0 radical (unpaired) electrons. The first kappa shape index (κ1) is 31.0. The molecule has 4 saturated carbocycles. The smallest absolute Gasteiger partial charge is 0.234 e. The lowest BCUT2D eigenvalue weighted by Gasteiger charge is -2.61. The maximum absolute atomic E-state index is 12.5. The second-order valence-electron chi connectivity index (χ2n) is 16.4. The zero-order valence-electron chi connectivity index (χ0n) is 26.5. The van der Waals surface area contributed by atoms with Crippen molar-refractivity contribution in [2.75, 3.05) is 33.8 Å². The van der Waals surface area contributed by atoms with Crippen molar-refractivity contribution in [2.45, 2.75) is 118 Å². The molecular formula is C34H63NO2P+. The molecule has 220 valence electrons. The van der Waals surface area contributed by atoms with Crippen molar-refractivity contribution in [3.63, 3.8) is 0 Å². The third-order valence-electron chi connectivity index (χ3n) is 12.9. The molecule has 0 aromatic heterocycles. The van der Waals surface area contributed by atoms with E-state index >= 15 is 0 Å². The highest BCUT2D eigenvalue weighted by Gasteiger charge is 2.60. The average Bonchev–Trinajstić information content (AvgIpc) is 3.19. The molecule has 4 aliphatic rings. The Morgan fingerprint density at radius 2 is 1.58 bits per heavy atom. The van der Waals surface area contributed by atoms with Gasteiger partial charge in [0.25, 0.3) is 0 Å². The van der Waals surface area contributed by atoms with Crippen LogP contribution >= 0.6 is 8.15 Å². The summed E-state index contributed by atoms with van der Waals surface area (Å²) in [6.45, 7) is 13.1. The number of quaternary nitrogens is 1. The summed E-state index contributed by atoms with van der Waals surface area (Å²) in [5.74, 6) is 6.92. The molecule has 10 atom stereocenters. The molecule has 0 aromatic carbocycles. The number of hydrogen-bond acceptors (Lipinski definition) is 2. The molecular weight excluding hydrogens is 485 g/mol. The summed E-state index contributed by atoms with van der Waals surface area (Å²) in [4.78, 5) is 23.1. The Bertz CT molecular complexity index is 807. The second-order valence-corrected chi connectivity index (χ2v) is 18.2. The molecule has 0 aliphatic heterocycles. The largest absolute Gasteiger partial charge is 0.366 e. The first-order valence-corrected chi connectivity index (χ1v) is 18.0. The summed E-state index contributed by atoms with van der Waals surface area (Å²) in [7, 11) is 4.60. The number of hydrogen-bond donors (Lipinski definition) is 1. The molecule has 4 heteroatoms. The van der Waals surface area contributed by atoms with Gasteiger partial charge in [-0.3, -0.25) is 4.79 Å². The third kappa shape index (κ3) is 6.41. The van der Waals surface area contributed by atoms with Crippen molar-refractivity contribution >= 4 is 13.7 Å². The van der Waals surface area contributed by atoms with E-state index in [0.717, 1.165) is 41.9 Å². The van der Waals surface area contributed by atoms with Gasteiger partial charge in [0, 0.05) is 0 Å². The van der Waals surface area contributed by atoms with Gasteiger partial charge in [0.1, 0.15) is 14.7 Å². The van der Waals surface area contributed by atoms with Gasteiger partial charge in [0.2, 0.25) is 5.52 Å². The Morgan fingerprint density at radius 3 is 2.26 bits per heavy atom. The Morgan fingerprint density at radius 1 is 0.868 bits per heavy atom. The molecule has 4 aliphatic carbocycles. The molecule has 0 amide bonds. The molecule has 0 spiro atoms. The standard InChI is InChI=1S/C34H63NO2P/c1-24(2)26(19-22-38(37)32(36)23-35(6,7)8)13-12-25(3)29-16-17-30-28-15-14-27-11-9-10-20-33(27,4)31(28)18-21-34(29,30)5/h24-31,37H,9-23H2,1-8H3/q+1/t25?,26?,27?,28-,29+,30-,31-,33-,34+,38?/m0/s1. The van der Waals surface area contributed by atoms with Crippen molar-refractivity contribution in [2.24, 2.45) is 58.2 Å². The van der Waals surface area contributed by atoms with E-state index in [9.17, 15) is 9.69 Å². The Hall–Kier alpha value is 0.0200. The lowest BCUT2D eigenvalue weighted by atomic mass is 9.44. The van der Waals surface area contributed by atoms with Crippen LogP contribution in [0.5, 0.6) is 0 Å². The van der Waals surface area contributed by atoms with Crippen molar-refractivity contribution in [1.82, 2.24) is 0 Å². The van der Waals surface area contributed by atoms with Crippen LogP contribution in [-0.2, 0) is 4.79 Å².